The van der Waals surface area contributed by atoms with Gasteiger partial charge in [0.2, 0.25) is 0 Å². The van der Waals surface area contributed by atoms with Crippen LogP contribution in [-0.4, -0.2) is 57.8 Å². The number of nitro benzene ring substituents is 2. The number of hydrogen-bond donors (Lipinski definition) is 2. The third-order valence-corrected chi connectivity index (χ3v) is 4.58. The largest absolute Gasteiger partial charge is 0.396 e. The van der Waals surface area contributed by atoms with Gasteiger partial charge in [-0.2, -0.15) is 0 Å². The number of aliphatic hydroxyl groups is 1. The van der Waals surface area contributed by atoms with Gasteiger partial charge in [-0.3, -0.25) is 25.0 Å². The molecule has 0 saturated carbocycles. The van der Waals surface area contributed by atoms with Crippen molar-refractivity contribution in [2.45, 2.75) is 19.3 Å². The molecule has 156 valence electrons. The zero-order valence-corrected chi connectivity index (χ0v) is 18.3. The first kappa shape index (κ1) is 24.2. The molecule has 0 saturated heterocycles. The van der Waals surface area contributed by atoms with Crippen molar-refractivity contribution in [3.63, 3.8) is 0 Å². The molecule has 0 aliphatic rings. The van der Waals surface area contributed by atoms with E-state index in [-0.39, 0.29) is 17.9 Å². The van der Waals surface area contributed by atoms with Crippen molar-refractivity contribution in [1.29, 1.82) is 0 Å². The summed E-state index contributed by atoms with van der Waals surface area (Å²) >= 11 is 6.58. The Morgan fingerprint density at radius 2 is 1.71 bits per heavy atom. The highest BCUT2D eigenvalue weighted by atomic mass is 79.9. The highest BCUT2D eigenvalue weighted by molar-refractivity contribution is 9.09. The molecule has 2 N–H and O–H groups in total. The van der Waals surface area contributed by atoms with Crippen LogP contribution >= 0.6 is 31.9 Å². The molecule has 0 spiro atoms. The first-order valence-corrected chi connectivity index (χ1v) is 10.8. The summed E-state index contributed by atoms with van der Waals surface area (Å²) < 4.78 is 0. The maximum absolute atomic E-state index is 12.7. The molecule has 0 aliphatic heterocycles. The van der Waals surface area contributed by atoms with Gasteiger partial charge in [0.25, 0.3) is 17.3 Å². The lowest BCUT2D eigenvalue weighted by molar-refractivity contribution is -0.393. The maximum Gasteiger partial charge on any atom is 0.300 e. The van der Waals surface area contributed by atoms with Crippen molar-refractivity contribution in [2.75, 3.05) is 41.8 Å². The highest BCUT2D eigenvalue weighted by Crippen LogP contribution is 2.36. The number of nitrogens with one attached hydrogen (secondary N) is 1. The van der Waals surface area contributed by atoms with Crippen molar-refractivity contribution in [3.8, 4) is 0 Å². The SMILES string of the molecule is O=C(NCCCCCO)c1cc([N+](=O)[O-])cc([N+](=O)[O-])c1N(CCBr)CCBr. The van der Waals surface area contributed by atoms with Crippen LogP contribution in [0.15, 0.2) is 12.1 Å². The fourth-order valence-corrected chi connectivity index (χ4v) is 3.46. The Kier molecular flexibility index (Phi) is 10.9. The highest BCUT2D eigenvalue weighted by Gasteiger charge is 2.30. The molecule has 0 aromatic heterocycles. The molecule has 0 fully saturated rings. The fourth-order valence-electron chi connectivity index (χ4n) is 2.60. The van der Waals surface area contributed by atoms with Gasteiger partial charge < -0.3 is 15.3 Å². The molecule has 0 atom stereocenters. The van der Waals surface area contributed by atoms with Crippen LogP contribution in [0.2, 0.25) is 0 Å². The molecule has 0 unspecified atom stereocenters. The average Bonchev–Trinajstić information content (AvgIpc) is 2.66. The number of unbranched alkanes of at least 4 members (excludes halogenated alkanes) is 2. The Morgan fingerprint density at radius 3 is 2.21 bits per heavy atom. The number of halogens is 2. The van der Waals surface area contributed by atoms with Gasteiger partial charge in [-0.15, -0.1) is 0 Å². The average molecular weight is 526 g/mol. The van der Waals surface area contributed by atoms with E-state index in [2.05, 4.69) is 37.2 Å². The number of nitro groups is 2. The van der Waals surface area contributed by atoms with Crippen LogP contribution in [0.3, 0.4) is 0 Å². The molecular formula is C16H22Br2N4O6. The van der Waals surface area contributed by atoms with Crippen LogP contribution in [0.5, 0.6) is 0 Å². The van der Waals surface area contributed by atoms with Crippen LogP contribution in [0.1, 0.15) is 29.6 Å². The molecular weight excluding hydrogens is 504 g/mol. The first-order valence-electron chi connectivity index (χ1n) is 8.60. The van der Waals surface area contributed by atoms with E-state index in [1.54, 1.807) is 4.90 Å². The van der Waals surface area contributed by atoms with E-state index < -0.39 is 27.1 Å². The van der Waals surface area contributed by atoms with Gasteiger partial charge in [0.15, 0.2) is 0 Å². The summed E-state index contributed by atoms with van der Waals surface area (Å²) in [6, 6.07) is 1.95. The quantitative estimate of drug-likeness (QED) is 0.174. The molecule has 0 radical (unpaired) electrons. The lowest BCUT2D eigenvalue weighted by Crippen LogP contribution is -2.32. The van der Waals surface area contributed by atoms with Gasteiger partial charge in [-0.1, -0.05) is 31.9 Å². The van der Waals surface area contributed by atoms with Crippen molar-refractivity contribution >= 4 is 54.8 Å². The zero-order chi connectivity index (χ0) is 21.1. The number of alkyl halides is 2. The Labute approximate surface area is 178 Å². The minimum absolute atomic E-state index is 0.0577. The molecule has 0 heterocycles. The maximum atomic E-state index is 12.7. The van der Waals surface area contributed by atoms with Crippen molar-refractivity contribution in [1.82, 2.24) is 5.32 Å². The lowest BCUT2D eigenvalue weighted by Gasteiger charge is -2.25. The van der Waals surface area contributed by atoms with Crippen molar-refractivity contribution in [2.24, 2.45) is 0 Å². The topological polar surface area (TPSA) is 139 Å². The second-order valence-electron chi connectivity index (χ2n) is 5.78. The van der Waals surface area contributed by atoms with Gasteiger partial charge >= 0.3 is 0 Å². The Morgan fingerprint density at radius 1 is 1.07 bits per heavy atom. The Hall–Kier alpha value is -1.79. The number of carbonyl (C=O) groups is 1. The second-order valence-corrected chi connectivity index (χ2v) is 7.37. The number of amides is 1. The molecule has 28 heavy (non-hydrogen) atoms. The van der Waals surface area contributed by atoms with Gasteiger partial charge in [0.1, 0.15) is 5.69 Å². The summed E-state index contributed by atoms with van der Waals surface area (Å²) in [6.07, 6.45) is 1.93. The van der Waals surface area contributed by atoms with Gasteiger partial charge in [0, 0.05) is 43.0 Å². The van der Waals surface area contributed by atoms with Gasteiger partial charge in [0.05, 0.1) is 21.5 Å². The number of anilines is 1. The molecule has 0 bridgehead atoms. The summed E-state index contributed by atoms with van der Waals surface area (Å²) in [5.41, 5.74) is -1.05. The van der Waals surface area contributed by atoms with Gasteiger partial charge in [-0.05, 0) is 19.3 Å². The Balaban J connectivity index is 3.37. The third-order valence-electron chi connectivity index (χ3n) is 3.87. The summed E-state index contributed by atoms with van der Waals surface area (Å²) in [4.78, 5) is 35.7. The molecule has 1 amide bonds. The molecule has 1 aromatic rings. The standard InChI is InChI=1S/C16H22Br2N4O6/c17-4-7-20(8-5-18)15-13(16(24)19-6-2-1-3-9-23)10-12(21(25)26)11-14(15)22(27)28/h10-11,23H,1-9H2,(H,19,24). The zero-order valence-electron chi connectivity index (χ0n) is 15.1. The summed E-state index contributed by atoms with van der Waals surface area (Å²) in [7, 11) is 0. The van der Waals surface area contributed by atoms with E-state index in [4.69, 9.17) is 5.11 Å². The molecule has 0 aliphatic carbocycles. The summed E-state index contributed by atoms with van der Waals surface area (Å²) in [6.45, 7) is 1.11. The number of aliphatic hydroxyl groups excluding tert-OH is 1. The summed E-state index contributed by atoms with van der Waals surface area (Å²) in [5.74, 6) is -0.611. The van der Waals surface area contributed by atoms with E-state index in [1.807, 2.05) is 0 Å². The van der Waals surface area contributed by atoms with Crippen molar-refractivity contribution < 1.29 is 19.7 Å². The molecule has 1 aromatic carbocycles. The molecule has 1 rings (SSSR count). The van der Waals surface area contributed by atoms with E-state index in [9.17, 15) is 25.0 Å². The van der Waals surface area contributed by atoms with Crippen LogP contribution in [-0.2, 0) is 0 Å². The minimum Gasteiger partial charge on any atom is -0.396 e. The lowest BCUT2D eigenvalue weighted by atomic mass is 10.1. The second kappa shape index (κ2) is 12.6. The van der Waals surface area contributed by atoms with E-state index >= 15 is 0 Å². The number of carbonyl (C=O) groups excluding carboxylic acids is 1. The van der Waals surface area contributed by atoms with Crippen LogP contribution < -0.4 is 10.2 Å². The van der Waals surface area contributed by atoms with Crippen LogP contribution in [0, 0.1) is 20.2 Å². The molecule has 12 heteroatoms. The number of hydrogen-bond acceptors (Lipinski definition) is 7. The normalized spacial score (nSPS) is 10.5. The Bertz CT molecular complexity index is 698. The third kappa shape index (κ3) is 6.99. The summed E-state index contributed by atoms with van der Waals surface area (Å²) in [5, 5.41) is 35.2. The van der Waals surface area contributed by atoms with Crippen molar-refractivity contribution in [3.05, 3.63) is 37.9 Å². The number of non-ortho nitro benzene ring substituents is 1. The van der Waals surface area contributed by atoms with Gasteiger partial charge in [-0.25, -0.2) is 0 Å². The predicted octanol–water partition coefficient (Wildman–Crippen LogP) is 2.99. The van der Waals surface area contributed by atoms with Crippen LogP contribution in [0.4, 0.5) is 17.1 Å². The number of rotatable bonds is 13. The number of nitrogens with zero attached hydrogens (tertiary/aromatic N) is 3. The monoisotopic (exact) mass is 524 g/mol. The smallest absolute Gasteiger partial charge is 0.300 e. The predicted molar refractivity (Wildman–Crippen MR) is 113 cm³/mol. The van der Waals surface area contributed by atoms with Crippen LogP contribution in [0.25, 0.3) is 0 Å². The first-order chi connectivity index (χ1) is 13.4. The molecule has 10 nitrogen and oxygen atoms in total. The van der Waals surface area contributed by atoms with E-state index in [1.165, 1.54) is 0 Å². The minimum atomic E-state index is -0.756. The van der Waals surface area contributed by atoms with E-state index in [0.717, 1.165) is 12.1 Å². The van der Waals surface area contributed by atoms with E-state index in [0.29, 0.717) is 49.6 Å². The fraction of sp³-hybridized carbons (Fsp3) is 0.562. The number of benzene rings is 1.